The summed E-state index contributed by atoms with van der Waals surface area (Å²) >= 11 is 3.61. The molecule has 3 rings (SSSR count). The highest BCUT2D eigenvalue weighted by molar-refractivity contribution is 9.10. The van der Waals surface area contributed by atoms with E-state index in [-0.39, 0.29) is 0 Å². The van der Waals surface area contributed by atoms with Gasteiger partial charge in [0.15, 0.2) is 0 Å². The Kier molecular flexibility index (Phi) is 4.46. The van der Waals surface area contributed by atoms with Gasteiger partial charge in [-0.25, -0.2) is 0 Å². The van der Waals surface area contributed by atoms with Crippen molar-refractivity contribution >= 4 is 15.9 Å². The fraction of sp³-hybridized carbons (Fsp3) is 0.368. The molecule has 2 aromatic carbocycles. The molecule has 0 saturated carbocycles. The topological polar surface area (TPSA) is 12.0 Å². The van der Waals surface area contributed by atoms with Gasteiger partial charge in [-0.2, -0.15) is 0 Å². The van der Waals surface area contributed by atoms with Gasteiger partial charge >= 0.3 is 0 Å². The Labute approximate surface area is 135 Å². The molecule has 0 amide bonds. The molecule has 2 unspecified atom stereocenters. The third-order valence-corrected chi connectivity index (χ3v) is 5.45. The van der Waals surface area contributed by atoms with Crippen LogP contribution in [0.25, 0.3) is 0 Å². The van der Waals surface area contributed by atoms with E-state index in [2.05, 4.69) is 77.6 Å². The fourth-order valence-corrected chi connectivity index (χ4v) is 3.65. The second kappa shape index (κ2) is 6.33. The Bertz CT molecular complexity index is 635. The van der Waals surface area contributed by atoms with E-state index in [1.807, 2.05) is 0 Å². The molecule has 2 atom stereocenters. The average molecular weight is 344 g/mol. The van der Waals surface area contributed by atoms with Crippen LogP contribution in [0.2, 0.25) is 0 Å². The first-order valence-corrected chi connectivity index (χ1v) is 8.48. The Hall–Kier alpha value is -1.12. The largest absolute Gasteiger partial charge is 0.316 e. The molecule has 0 radical (unpaired) electrons. The first-order chi connectivity index (χ1) is 10.1. The lowest BCUT2D eigenvalue weighted by Crippen LogP contribution is -2.34. The molecule has 0 aromatic heterocycles. The molecule has 1 aliphatic heterocycles. The Morgan fingerprint density at radius 3 is 2.57 bits per heavy atom. The van der Waals surface area contributed by atoms with Crippen molar-refractivity contribution in [2.45, 2.75) is 32.1 Å². The summed E-state index contributed by atoms with van der Waals surface area (Å²) in [6.07, 6.45) is 1.21. The highest BCUT2D eigenvalue weighted by Gasteiger charge is 2.27. The summed E-state index contributed by atoms with van der Waals surface area (Å²) in [7, 11) is 0. The first-order valence-electron chi connectivity index (χ1n) is 7.68. The maximum absolute atomic E-state index is 3.61. The Morgan fingerprint density at radius 2 is 1.81 bits per heavy atom. The zero-order chi connectivity index (χ0) is 14.8. The SMILES string of the molecule is Cc1cccc(C2CNCCC2c2ccc(Br)c(C)c2)c1. The monoisotopic (exact) mass is 343 g/mol. The summed E-state index contributed by atoms with van der Waals surface area (Å²) in [6, 6.07) is 15.8. The molecule has 110 valence electrons. The van der Waals surface area contributed by atoms with Gasteiger partial charge < -0.3 is 5.32 Å². The Morgan fingerprint density at radius 1 is 1.00 bits per heavy atom. The van der Waals surface area contributed by atoms with E-state index in [0.29, 0.717) is 11.8 Å². The minimum absolute atomic E-state index is 0.569. The van der Waals surface area contributed by atoms with Crippen LogP contribution in [0.5, 0.6) is 0 Å². The maximum atomic E-state index is 3.61. The van der Waals surface area contributed by atoms with Gasteiger partial charge in [0.25, 0.3) is 0 Å². The van der Waals surface area contributed by atoms with Crippen LogP contribution >= 0.6 is 15.9 Å². The number of hydrogen-bond donors (Lipinski definition) is 1. The van der Waals surface area contributed by atoms with E-state index in [0.717, 1.165) is 13.1 Å². The molecular weight excluding hydrogens is 322 g/mol. The van der Waals surface area contributed by atoms with E-state index >= 15 is 0 Å². The predicted octanol–water partition coefficient (Wildman–Crippen LogP) is 4.93. The predicted molar refractivity (Wildman–Crippen MR) is 93.0 cm³/mol. The standard InChI is InChI=1S/C19H22BrN/c1-13-4-3-5-15(10-13)18-12-21-9-8-17(18)16-6-7-19(20)14(2)11-16/h3-7,10-11,17-18,21H,8-9,12H2,1-2H3. The van der Waals surface area contributed by atoms with E-state index in [1.165, 1.54) is 33.1 Å². The van der Waals surface area contributed by atoms with Crippen LogP contribution in [0, 0.1) is 13.8 Å². The summed E-state index contributed by atoms with van der Waals surface area (Å²) in [5, 5.41) is 3.57. The second-order valence-corrected chi connectivity index (χ2v) is 6.98. The number of hydrogen-bond acceptors (Lipinski definition) is 1. The molecule has 1 N–H and O–H groups in total. The van der Waals surface area contributed by atoms with Crippen LogP contribution in [-0.2, 0) is 0 Å². The minimum Gasteiger partial charge on any atom is -0.316 e. The van der Waals surface area contributed by atoms with Gasteiger partial charge in [-0.3, -0.25) is 0 Å². The van der Waals surface area contributed by atoms with Crippen molar-refractivity contribution in [3.05, 3.63) is 69.2 Å². The van der Waals surface area contributed by atoms with Gasteiger partial charge in [-0.15, -0.1) is 0 Å². The zero-order valence-electron chi connectivity index (χ0n) is 12.7. The molecule has 1 aliphatic rings. The molecule has 1 heterocycles. The maximum Gasteiger partial charge on any atom is 0.0204 e. The van der Waals surface area contributed by atoms with Crippen LogP contribution in [0.1, 0.15) is 40.5 Å². The molecule has 0 spiro atoms. The van der Waals surface area contributed by atoms with Crippen LogP contribution in [0.15, 0.2) is 46.9 Å². The van der Waals surface area contributed by atoms with Crippen molar-refractivity contribution in [2.24, 2.45) is 0 Å². The van der Waals surface area contributed by atoms with Crippen molar-refractivity contribution in [3.63, 3.8) is 0 Å². The van der Waals surface area contributed by atoms with E-state index < -0.39 is 0 Å². The van der Waals surface area contributed by atoms with Gasteiger partial charge in [-0.05, 0) is 55.5 Å². The molecule has 2 heteroatoms. The molecule has 2 aromatic rings. The third kappa shape index (κ3) is 3.22. The summed E-state index contributed by atoms with van der Waals surface area (Å²) < 4.78 is 1.20. The molecule has 21 heavy (non-hydrogen) atoms. The van der Waals surface area contributed by atoms with Gasteiger partial charge in [0, 0.05) is 16.9 Å². The van der Waals surface area contributed by atoms with Crippen LogP contribution in [0.3, 0.4) is 0 Å². The van der Waals surface area contributed by atoms with Crippen molar-refractivity contribution in [2.75, 3.05) is 13.1 Å². The van der Waals surface area contributed by atoms with Crippen LogP contribution in [0.4, 0.5) is 0 Å². The van der Waals surface area contributed by atoms with Gasteiger partial charge in [-0.1, -0.05) is 57.9 Å². The van der Waals surface area contributed by atoms with Crippen molar-refractivity contribution in [3.8, 4) is 0 Å². The normalized spacial score (nSPS) is 22.2. The number of rotatable bonds is 2. The summed E-state index contributed by atoms with van der Waals surface area (Å²) in [5.41, 5.74) is 5.62. The highest BCUT2D eigenvalue weighted by Crippen LogP contribution is 2.38. The number of aryl methyl sites for hydroxylation is 2. The van der Waals surface area contributed by atoms with Crippen molar-refractivity contribution < 1.29 is 0 Å². The first kappa shape index (κ1) is 14.8. The number of nitrogens with one attached hydrogen (secondary N) is 1. The quantitative estimate of drug-likeness (QED) is 0.815. The Balaban J connectivity index is 1.96. The van der Waals surface area contributed by atoms with Crippen molar-refractivity contribution in [1.82, 2.24) is 5.32 Å². The van der Waals surface area contributed by atoms with Crippen LogP contribution < -0.4 is 5.32 Å². The fourth-order valence-electron chi connectivity index (χ4n) is 3.41. The molecule has 1 nitrogen and oxygen atoms in total. The molecule has 0 bridgehead atoms. The number of benzene rings is 2. The smallest absolute Gasteiger partial charge is 0.0204 e. The van der Waals surface area contributed by atoms with Gasteiger partial charge in [0.1, 0.15) is 0 Å². The van der Waals surface area contributed by atoms with E-state index in [4.69, 9.17) is 0 Å². The summed E-state index contributed by atoms with van der Waals surface area (Å²) in [5.74, 6) is 1.18. The van der Waals surface area contributed by atoms with Gasteiger partial charge in [0.2, 0.25) is 0 Å². The third-order valence-electron chi connectivity index (χ3n) is 4.56. The van der Waals surface area contributed by atoms with Crippen LogP contribution in [-0.4, -0.2) is 13.1 Å². The highest BCUT2D eigenvalue weighted by atomic mass is 79.9. The van der Waals surface area contributed by atoms with E-state index in [9.17, 15) is 0 Å². The lowest BCUT2D eigenvalue weighted by molar-refractivity contribution is 0.404. The molecule has 1 saturated heterocycles. The number of piperidine rings is 1. The lowest BCUT2D eigenvalue weighted by Gasteiger charge is -2.33. The van der Waals surface area contributed by atoms with E-state index in [1.54, 1.807) is 0 Å². The number of halogens is 1. The minimum atomic E-state index is 0.569. The molecule has 1 fully saturated rings. The summed E-state index contributed by atoms with van der Waals surface area (Å²) in [6.45, 7) is 6.54. The lowest BCUT2D eigenvalue weighted by atomic mass is 9.77. The van der Waals surface area contributed by atoms with Gasteiger partial charge in [0.05, 0.1) is 0 Å². The molecule has 0 aliphatic carbocycles. The van der Waals surface area contributed by atoms with Crippen molar-refractivity contribution in [1.29, 1.82) is 0 Å². The zero-order valence-corrected chi connectivity index (χ0v) is 14.3. The molecular formula is C19H22BrN. The summed E-state index contributed by atoms with van der Waals surface area (Å²) in [4.78, 5) is 0. The average Bonchev–Trinajstić information content (AvgIpc) is 2.50. The second-order valence-electron chi connectivity index (χ2n) is 6.13.